The Morgan fingerprint density at radius 3 is 2.48 bits per heavy atom. The highest BCUT2D eigenvalue weighted by molar-refractivity contribution is 5.56. The molecular weight excluding hydrogens is 326 g/mol. The van der Waals surface area contributed by atoms with Crippen LogP contribution in [0.5, 0.6) is 0 Å². The van der Waals surface area contributed by atoms with Gasteiger partial charge in [0.15, 0.2) is 0 Å². The molecule has 0 radical (unpaired) electrons. The fourth-order valence-electron chi connectivity index (χ4n) is 3.28. The van der Waals surface area contributed by atoms with Crippen LogP contribution in [0.25, 0.3) is 11.3 Å². The maximum atomic E-state index is 13.4. The smallest absolute Gasteiger partial charge is 0.142 e. The first-order valence-electron chi connectivity index (χ1n) is 8.05. The number of hydrogen-bond acceptors (Lipinski definition) is 4. The Kier molecular flexibility index (Phi) is 4.01. The van der Waals surface area contributed by atoms with Crippen LogP contribution in [0.1, 0.15) is 18.4 Å². The van der Waals surface area contributed by atoms with E-state index >= 15 is 0 Å². The van der Waals surface area contributed by atoms with Gasteiger partial charge < -0.3 is 4.74 Å². The summed E-state index contributed by atoms with van der Waals surface area (Å²) in [6.45, 7) is 1.15. The van der Waals surface area contributed by atoms with Gasteiger partial charge in [-0.1, -0.05) is 17.3 Å². The summed E-state index contributed by atoms with van der Waals surface area (Å²) in [6, 6.07) is 7.80. The van der Waals surface area contributed by atoms with Crippen molar-refractivity contribution in [2.45, 2.75) is 18.4 Å². The van der Waals surface area contributed by atoms with Crippen molar-refractivity contribution in [3.63, 3.8) is 0 Å². The highest BCUT2D eigenvalue weighted by atomic mass is 19.1. The summed E-state index contributed by atoms with van der Waals surface area (Å²) in [4.78, 5) is 3.85. The molecule has 0 N–H and O–H groups in total. The van der Waals surface area contributed by atoms with Gasteiger partial charge in [-0.15, -0.1) is 5.10 Å². The summed E-state index contributed by atoms with van der Waals surface area (Å²) in [6.07, 6.45) is 5.87. The third-order valence-corrected chi connectivity index (χ3v) is 4.63. The Bertz CT molecular complexity index is 873. The predicted molar refractivity (Wildman–Crippen MR) is 86.7 cm³/mol. The second kappa shape index (κ2) is 6.33. The second-order valence-electron chi connectivity index (χ2n) is 6.09. The lowest BCUT2D eigenvalue weighted by Gasteiger charge is -2.37. The molecule has 3 aromatic rings. The third kappa shape index (κ3) is 2.91. The van der Waals surface area contributed by atoms with Crippen LogP contribution in [0, 0.1) is 11.6 Å². The molecule has 0 spiro atoms. The van der Waals surface area contributed by atoms with Gasteiger partial charge in [-0.3, -0.25) is 4.98 Å². The van der Waals surface area contributed by atoms with E-state index in [-0.39, 0.29) is 5.82 Å². The SMILES string of the molecule is Fc1ccc(C2(n3cc(-c4cncc(F)c4)nn3)CCOCC2)cc1. The fraction of sp³-hybridized carbons (Fsp3) is 0.278. The Morgan fingerprint density at radius 1 is 1.00 bits per heavy atom. The molecular formula is C18H16F2N4O. The summed E-state index contributed by atoms with van der Waals surface area (Å²) in [5.41, 5.74) is 1.59. The first-order valence-corrected chi connectivity index (χ1v) is 8.05. The lowest BCUT2D eigenvalue weighted by Crippen LogP contribution is -2.41. The highest BCUT2D eigenvalue weighted by Gasteiger charge is 2.37. The average Bonchev–Trinajstić information content (AvgIpc) is 3.14. The zero-order chi connectivity index (χ0) is 17.3. The number of hydrogen-bond donors (Lipinski definition) is 0. The van der Waals surface area contributed by atoms with Crippen LogP contribution in [-0.4, -0.2) is 33.2 Å². The van der Waals surface area contributed by atoms with E-state index in [0.717, 1.165) is 11.8 Å². The van der Waals surface area contributed by atoms with Gasteiger partial charge in [0.05, 0.1) is 17.9 Å². The van der Waals surface area contributed by atoms with Crippen molar-refractivity contribution >= 4 is 0 Å². The second-order valence-corrected chi connectivity index (χ2v) is 6.09. The van der Waals surface area contributed by atoms with Crippen molar-refractivity contribution in [1.82, 2.24) is 20.0 Å². The maximum Gasteiger partial charge on any atom is 0.142 e. The number of nitrogens with zero attached hydrogens (tertiary/aromatic N) is 4. The molecule has 3 heterocycles. The van der Waals surface area contributed by atoms with Crippen LogP contribution in [-0.2, 0) is 10.3 Å². The van der Waals surface area contributed by atoms with Crippen molar-refractivity contribution in [1.29, 1.82) is 0 Å². The monoisotopic (exact) mass is 342 g/mol. The summed E-state index contributed by atoms with van der Waals surface area (Å²) in [7, 11) is 0. The van der Waals surface area contributed by atoms with Gasteiger partial charge in [-0.2, -0.15) is 0 Å². The van der Waals surface area contributed by atoms with E-state index in [1.165, 1.54) is 18.2 Å². The molecule has 0 atom stereocenters. The van der Waals surface area contributed by atoms with E-state index in [1.54, 1.807) is 29.2 Å². The molecule has 1 aliphatic heterocycles. The number of benzene rings is 1. The summed E-state index contributed by atoms with van der Waals surface area (Å²) in [5.74, 6) is -0.706. The van der Waals surface area contributed by atoms with Crippen LogP contribution < -0.4 is 0 Å². The summed E-state index contributed by atoms with van der Waals surface area (Å²) >= 11 is 0. The molecule has 0 aliphatic carbocycles. The van der Waals surface area contributed by atoms with Gasteiger partial charge in [-0.05, 0) is 23.8 Å². The topological polar surface area (TPSA) is 52.8 Å². The molecule has 0 saturated carbocycles. The van der Waals surface area contributed by atoms with Crippen molar-refractivity contribution in [3.8, 4) is 11.3 Å². The van der Waals surface area contributed by atoms with E-state index in [1.807, 2.05) is 0 Å². The maximum absolute atomic E-state index is 13.4. The van der Waals surface area contributed by atoms with E-state index in [2.05, 4.69) is 15.3 Å². The Balaban J connectivity index is 1.77. The molecule has 25 heavy (non-hydrogen) atoms. The van der Waals surface area contributed by atoms with Crippen molar-refractivity contribution < 1.29 is 13.5 Å². The van der Waals surface area contributed by atoms with Crippen LogP contribution in [0.3, 0.4) is 0 Å². The minimum Gasteiger partial charge on any atom is -0.381 e. The van der Waals surface area contributed by atoms with Gasteiger partial charge in [0.25, 0.3) is 0 Å². The van der Waals surface area contributed by atoms with Crippen LogP contribution in [0.15, 0.2) is 48.9 Å². The van der Waals surface area contributed by atoms with Gasteiger partial charge in [0.1, 0.15) is 17.3 Å². The molecule has 1 saturated heterocycles. The lowest BCUT2D eigenvalue weighted by molar-refractivity contribution is 0.0330. The lowest BCUT2D eigenvalue weighted by atomic mass is 9.83. The largest absolute Gasteiger partial charge is 0.381 e. The molecule has 0 amide bonds. The Hall–Kier alpha value is -2.67. The number of rotatable bonds is 3. The number of pyridine rings is 1. The number of aromatic nitrogens is 4. The molecule has 7 heteroatoms. The first kappa shape index (κ1) is 15.8. The quantitative estimate of drug-likeness (QED) is 0.734. The molecule has 1 fully saturated rings. The Labute approximate surface area is 143 Å². The minimum atomic E-state index is -0.460. The van der Waals surface area contributed by atoms with E-state index in [9.17, 15) is 8.78 Å². The average molecular weight is 342 g/mol. The molecule has 2 aromatic heterocycles. The molecule has 5 nitrogen and oxygen atoms in total. The van der Waals surface area contributed by atoms with Crippen molar-refractivity contribution in [2.24, 2.45) is 0 Å². The van der Waals surface area contributed by atoms with Crippen LogP contribution in [0.2, 0.25) is 0 Å². The van der Waals surface area contributed by atoms with Gasteiger partial charge in [0.2, 0.25) is 0 Å². The molecule has 0 unspecified atom stereocenters. The summed E-state index contributed by atoms with van der Waals surface area (Å²) in [5, 5.41) is 8.47. The predicted octanol–water partition coefficient (Wildman–Crippen LogP) is 3.17. The van der Waals surface area contributed by atoms with Gasteiger partial charge in [-0.25, -0.2) is 13.5 Å². The standard InChI is InChI=1S/C18H16F2N4O/c19-15-3-1-14(2-4-15)18(5-7-25-8-6-18)24-12-17(22-23-24)13-9-16(20)11-21-10-13/h1-4,9-12H,5-8H2. The molecule has 1 aromatic carbocycles. The van der Waals surface area contributed by atoms with E-state index < -0.39 is 11.4 Å². The van der Waals surface area contributed by atoms with Crippen molar-refractivity contribution in [3.05, 3.63) is 66.1 Å². The summed E-state index contributed by atoms with van der Waals surface area (Å²) < 4.78 is 34.0. The zero-order valence-corrected chi connectivity index (χ0v) is 13.4. The first-order chi connectivity index (χ1) is 12.2. The molecule has 128 valence electrons. The molecule has 1 aliphatic rings. The number of halogens is 2. The highest BCUT2D eigenvalue weighted by Crippen LogP contribution is 2.36. The third-order valence-electron chi connectivity index (χ3n) is 4.63. The van der Waals surface area contributed by atoms with Gasteiger partial charge >= 0.3 is 0 Å². The van der Waals surface area contributed by atoms with E-state index in [4.69, 9.17) is 4.74 Å². The van der Waals surface area contributed by atoms with Crippen molar-refractivity contribution in [2.75, 3.05) is 13.2 Å². The molecule has 4 rings (SSSR count). The minimum absolute atomic E-state index is 0.281. The fourth-order valence-corrected chi connectivity index (χ4v) is 3.28. The van der Waals surface area contributed by atoms with Crippen LogP contribution >= 0.6 is 0 Å². The van der Waals surface area contributed by atoms with E-state index in [0.29, 0.717) is 37.3 Å². The normalized spacial score (nSPS) is 16.7. The zero-order valence-electron chi connectivity index (χ0n) is 13.4. The van der Waals surface area contributed by atoms with Crippen LogP contribution in [0.4, 0.5) is 8.78 Å². The molecule has 0 bridgehead atoms. The van der Waals surface area contributed by atoms with Gasteiger partial charge in [0, 0.05) is 37.8 Å². The number of ether oxygens (including phenoxy) is 1. The Morgan fingerprint density at radius 2 is 1.76 bits per heavy atom.